The third kappa shape index (κ3) is 2.94. The van der Waals surface area contributed by atoms with Crippen molar-refractivity contribution in [2.24, 2.45) is 5.73 Å². The van der Waals surface area contributed by atoms with Gasteiger partial charge in [-0.1, -0.05) is 30.3 Å². The van der Waals surface area contributed by atoms with Crippen LogP contribution >= 0.6 is 0 Å². The van der Waals surface area contributed by atoms with E-state index in [0.29, 0.717) is 6.54 Å². The van der Waals surface area contributed by atoms with E-state index in [2.05, 4.69) is 37.4 Å². The number of hydrogen-bond donors (Lipinski definition) is 2. The van der Waals surface area contributed by atoms with Gasteiger partial charge in [-0.2, -0.15) is 0 Å². The average molecular weight is 270 g/mol. The fourth-order valence-corrected chi connectivity index (χ4v) is 2.37. The highest BCUT2D eigenvalue weighted by atomic mass is 16.5. The van der Waals surface area contributed by atoms with E-state index in [1.807, 2.05) is 24.3 Å². The molecule has 0 radical (unpaired) electrons. The Morgan fingerprint density at radius 1 is 1.10 bits per heavy atom. The minimum absolute atomic E-state index is 0.0752. The number of ether oxygens (including phenoxy) is 1. The molecule has 1 atom stereocenters. The standard InChI is InChI=1S/C17H22N2O/c1-12-7-6-8-14(13(12)2)16(11-18)19-15-9-4-5-10-17(15)20-3/h4-10,16,19H,11,18H2,1-3H3. The number of aryl methyl sites for hydroxylation is 1. The van der Waals surface area contributed by atoms with Gasteiger partial charge in [-0.3, -0.25) is 0 Å². The summed E-state index contributed by atoms with van der Waals surface area (Å²) in [6.07, 6.45) is 0. The molecule has 106 valence electrons. The van der Waals surface area contributed by atoms with Crippen LogP contribution in [0.3, 0.4) is 0 Å². The Balaban J connectivity index is 2.31. The highest BCUT2D eigenvalue weighted by molar-refractivity contribution is 5.58. The molecule has 2 rings (SSSR count). The van der Waals surface area contributed by atoms with Gasteiger partial charge in [0.1, 0.15) is 5.75 Å². The first-order valence-electron chi connectivity index (χ1n) is 6.83. The third-order valence-electron chi connectivity index (χ3n) is 3.69. The zero-order valence-electron chi connectivity index (χ0n) is 12.3. The Morgan fingerprint density at radius 3 is 2.55 bits per heavy atom. The minimum Gasteiger partial charge on any atom is -0.495 e. The molecule has 0 saturated heterocycles. The molecule has 3 N–H and O–H groups in total. The molecular formula is C17H22N2O. The van der Waals surface area contributed by atoms with Crippen molar-refractivity contribution in [1.29, 1.82) is 0 Å². The SMILES string of the molecule is COc1ccccc1NC(CN)c1cccc(C)c1C. The number of anilines is 1. The van der Waals surface area contributed by atoms with Crippen molar-refractivity contribution in [2.45, 2.75) is 19.9 Å². The van der Waals surface area contributed by atoms with Crippen molar-refractivity contribution in [3.63, 3.8) is 0 Å². The number of benzene rings is 2. The maximum absolute atomic E-state index is 5.96. The molecule has 0 saturated carbocycles. The Kier molecular flexibility index (Phi) is 4.64. The summed E-state index contributed by atoms with van der Waals surface area (Å²) in [6, 6.07) is 14.3. The highest BCUT2D eigenvalue weighted by Gasteiger charge is 2.14. The Morgan fingerprint density at radius 2 is 1.85 bits per heavy atom. The summed E-state index contributed by atoms with van der Waals surface area (Å²) in [5.74, 6) is 0.830. The molecule has 3 nitrogen and oxygen atoms in total. The average Bonchev–Trinajstić information content (AvgIpc) is 2.48. The number of rotatable bonds is 5. The van der Waals surface area contributed by atoms with Crippen LogP contribution in [0.5, 0.6) is 5.75 Å². The minimum atomic E-state index is 0.0752. The molecule has 0 amide bonds. The summed E-state index contributed by atoms with van der Waals surface area (Å²) in [4.78, 5) is 0. The molecule has 2 aromatic rings. The Hall–Kier alpha value is -2.00. The maximum Gasteiger partial charge on any atom is 0.141 e. The van der Waals surface area contributed by atoms with E-state index in [4.69, 9.17) is 10.5 Å². The fourth-order valence-electron chi connectivity index (χ4n) is 2.37. The second kappa shape index (κ2) is 6.44. The normalized spacial score (nSPS) is 12.0. The summed E-state index contributed by atoms with van der Waals surface area (Å²) in [6.45, 7) is 4.79. The molecule has 0 aliphatic carbocycles. The maximum atomic E-state index is 5.96. The highest BCUT2D eigenvalue weighted by Crippen LogP contribution is 2.29. The molecular weight excluding hydrogens is 248 g/mol. The first-order valence-corrected chi connectivity index (χ1v) is 6.83. The van der Waals surface area contributed by atoms with E-state index < -0.39 is 0 Å². The first kappa shape index (κ1) is 14.4. The Bertz CT molecular complexity index is 581. The van der Waals surface area contributed by atoms with Gasteiger partial charge in [0.25, 0.3) is 0 Å². The van der Waals surface area contributed by atoms with Crippen molar-refractivity contribution in [3.8, 4) is 5.75 Å². The molecule has 0 aliphatic heterocycles. The van der Waals surface area contributed by atoms with Crippen LogP contribution in [0.1, 0.15) is 22.7 Å². The predicted molar refractivity (Wildman–Crippen MR) is 84.3 cm³/mol. The smallest absolute Gasteiger partial charge is 0.141 e. The second-order valence-electron chi connectivity index (χ2n) is 4.92. The van der Waals surface area contributed by atoms with Crippen molar-refractivity contribution in [3.05, 3.63) is 59.2 Å². The lowest BCUT2D eigenvalue weighted by Crippen LogP contribution is -2.22. The van der Waals surface area contributed by atoms with Crippen molar-refractivity contribution in [1.82, 2.24) is 0 Å². The van der Waals surface area contributed by atoms with Gasteiger partial charge in [-0.25, -0.2) is 0 Å². The number of methoxy groups -OCH3 is 1. The molecule has 20 heavy (non-hydrogen) atoms. The molecule has 0 spiro atoms. The molecule has 0 aromatic heterocycles. The van der Waals surface area contributed by atoms with Crippen LogP contribution in [0.2, 0.25) is 0 Å². The lowest BCUT2D eigenvalue weighted by atomic mass is 9.97. The van der Waals surface area contributed by atoms with Crippen LogP contribution < -0.4 is 15.8 Å². The van der Waals surface area contributed by atoms with E-state index >= 15 is 0 Å². The number of hydrogen-bond acceptors (Lipinski definition) is 3. The van der Waals surface area contributed by atoms with Crippen LogP contribution in [-0.2, 0) is 0 Å². The van der Waals surface area contributed by atoms with Crippen LogP contribution in [0.4, 0.5) is 5.69 Å². The van der Waals surface area contributed by atoms with Crippen molar-refractivity contribution < 1.29 is 4.74 Å². The van der Waals surface area contributed by atoms with Gasteiger partial charge in [-0.15, -0.1) is 0 Å². The topological polar surface area (TPSA) is 47.3 Å². The zero-order chi connectivity index (χ0) is 14.5. The quantitative estimate of drug-likeness (QED) is 0.875. The van der Waals surface area contributed by atoms with Gasteiger partial charge in [0.05, 0.1) is 18.8 Å². The lowest BCUT2D eigenvalue weighted by molar-refractivity contribution is 0.416. The van der Waals surface area contributed by atoms with Gasteiger partial charge in [0.2, 0.25) is 0 Å². The zero-order valence-corrected chi connectivity index (χ0v) is 12.3. The molecule has 0 fully saturated rings. The third-order valence-corrected chi connectivity index (χ3v) is 3.69. The summed E-state index contributed by atoms with van der Waals surface area (Å²) in [7, 11) is 1.68. The second-order valence-corrected chi connectivity index (χ2v) is 4.92. The lowest BCUT2D eigenvalue weighted by Gasteiger charge is -2.22. The van der Waals surface area contributed by atoms with Crippen molar-refractivity contribution in [2.75, 3.05) is 19.0 Å². The van der Waals surface area contributed by atoms with Gasteiger partial charge in [0, 0.05) is 6.54 Å². The van der Waals surface area contributed by atoms with Crippen LogP contribution in [0, 0.1) is 13.8 Å². The molecule has 3 heteroatoms. The monoisotopic (exact) mass is 270 g/mol. The Labute approximate surface area is 120 Å². The first-order chi connectivity index (χ1) is 9.67. The number of nitrogens with two attached hydrogens (primary N) is 1. The predicted octanol–water partition coefficient (Wildman–Crippen LogP) is 3.42. The fraction of sp³-hybridized carbons (Fsp3) is 0.294. The number of nitrogens with one attached hydrogen (secondary N) is 1. The summed E-state index contributed by atoms with van der Waals surface area (Å²) >= 11 is 0. The largest absolute Gasteiger partial charge is 0.495 e. The molecule has 0 bridgehead atoms. The van der Waals surface area contributed by atoms with Crippen molar-refractivity contribution >= 4 is 5.69 Å². The molecule has 1 unspecified atom stereocenters. The van der Waals surface area contributed by atoms with E-state index in [0.717, 1.165) is 11.4 Å². The van der Waals surface area contributed by atoms with Crippen LogP contribution in [0.15, 0.2) is 42.5 Å². The summed E-state index contributed by atoms with van der Waals surface area (Å²) in [5, 5.41) is 3.48. The van der Waals surface area contributed by atoms with E-state index in [1.54, 1.807) is 7.11 Å². The van der Waals surface area contributed by atoms with E-state index in [9.17, 15) is 0 Å². The molecule has 2 aromatic carbocycles. The van der Waals surface area contributed by atoms with Crippen LogP contribution in [0.25, 0.3) is 0 Å². The van der Waals surface area contributed by atoms with E-state index in [-0.39, 0.29) is 6.04 Å². The van der Waals surface area contributed by atoms with Gasteiger partial charge in [-0.05, 0) is 42.7 Å². The van der Waals surface area contributed by atoms with Gasteiger partial charge < -0.3 is 15.8 Å². The van der Waals surface area contributed by atoms with Gasteiger partial charge >= 0.3 is 0 Å². The van der Waals surface area contributed by atoms with Gasteiger partial charge in [0.15, 0.2) is 0 Å². The molecule has 0 heterocycles. The number of para-hydroxylation sites is 2. The van der Waals surface area contributed by atoms with E-state index in [1.165, 1.54) is 16.7 Å². The molecule has 0 aliphatic rings. The summed E-state index contributed by atoms with van der Waals surface area (Å²) in [5.41, 5.74) is 10.7. The summed E-state index contributed by atoms with van der Waals surface area (Å²) < 4.78 is 5.38. The van der Waals surface area contributed by atoms with Crippen LogP contribution in [-0.4, -0.2) is 13.7 Å².